The second-order valence-corrected chi connectivity index (χ2v) is 4.83. The molecule has 4 nitrogen and oxygen atoms in total. The first-order chi connectivity index (χ1) is 8.49. The maximum absolute atomic E-state index is 11.6. The molecule has 100 valence electrons. The van der Waals surface area contributed by atoms with E-state index in [1.54, 1.807) is 24.3 Å². The number of rotatable bonds is 6. The highest BCUT2D eigenvalue weighted by molar-refractivity contribution is 5.75. The molecule has 4 heteroatoms. The van der Waals surface area contributed by atoms with Crippen molar-refractivity contribution in [3.63, 3.8) is 0 Å². The van der Waals surface area contributed by atoms with Gasteiger partial charge >= 0.3 is 5.97 Å². The Morgan fingerprint density at radius 3 is 2.50 bits per heavy atom. The molecule has 0 heterocycles. The Hall–Kier alpha value is -1.55. The van der Waals surface area contributed by atoms with E-state index in [0.29, 0.717) is 18.9 Å². The van der Waals surface area contributed by atoms with E-state index in [-0.39, 0.29) is 11.7 Å². The molecule has 0 amide bonds. The van der Waals surface area contributed by atoms with Gasteiger partial charge in [0, 0.05) is 0 Å². The molecule has 0 aliphatic rings. The molecule has 18 heavy (non-hydrogen) atoms. The van der Waals surface area contributed by atoms with Gasteiger partial charge in [-0.3, -0.25) is 4.79 Å². The van der Waals surface area contributed by atoms with Crippen molar-refractivity contribution >= 4 is 5.97 Å². The van der Waals surface area contributed by atoms with Crippen LogP contribution >= 0.6 is 0 Å². The van der Waals surface area contributed by atoms with Crippen molar-refractivity contribution in [3.05, 3.63) is 29.8 Å². The summed E-state index contributed by atoms with van der Waals surface area (Å²) in [6.07, 6.45) is 1.26. The minimum Gasteiger partial charge on any atom is -0.508 e. The normalized spacial score (nSPS) is 12.4. The molecule has 0 aliphatic carbocycles. The van der Waals surface area contributed by atoms with Crippen LogP contribution in [0.4, 0.5) is 0 Å². The Morgan fingerprint density at radius 1 is 1.33 bits per heavy atom. The van der Waals surface area contributed by atoms with Crippen molar-refractivity contribution in [2.75, 3.05) is 6.61 Å². The van der Waals surface area contributed by atoms with Gasteiger partial charge in [0.05, 0.1) is 6.61 Å². The second kappa shape index (κ2) is 7.01. The van der Waals surface area contributed by atoms with Gasteiger partial charge in [0.25, 0.3) is 0 Å². The highest BCUT2D eigenvalue weighted by Crippen LogP contribution is 2.11. The van der Waals surface area contributed by atoms with Crippen LogP contribution in [0.5, 0.6) is 5.75 Å². The van der Waals surface area contributed by atoms with Crippen molar-refractivity contribution in [2.45, 2.75) is 32.7 Å². The summed E-state index contributed by atoms with van der Waals surface area (Å²) in [4.78, 5) is 11.6. The van der Waals surface area contributed by atoms with Crippen LogP contribution in [0.15, 0.2) is 24.3 Å². The largest absolute Gasteiger partial charge is 0.508 e. The minimum absolute atomic E-state index is 0.201. The zero-order valence-corrected chi connectivity index (χ0v) is 10.9. The van der Waals surface area contributed by atoms with Gasteiger partial charge in [-0.2, -0.15) is 0 Å². The van der Waals surface area contributed by atoms with Crippen LogP contribution in [0.1, 0.15) is 25.8 Å². The minimum atomic E-state index is -0.651. The average Bonchev–Trinajstić information content (AvgIpc) is 2.31. The zero-order chi connectivity index (χ0) is 13.5. The number of hydrogen-bond donors (Lipinski definition) is 2. The van der Waals surface area contributed by atoms with Gasteiger partial charge in [-0.05, 0) is 36.5 Å². The molecule has 1 atom stereocenters. The molecular formula is C14H21NO3. The van der Waals surface area contributed by atoms with Crippen LogP contribution in [0.3, 0.4) is 0 Å². The van der Waals surface area contributed by atoms with E-state index in [4.69, 9.17) is 15.6 Å². The summed E-state index contributed by atoms with van der Waals surface area (Å²) in [7, 11) is 0. The standard InChI is InChI=1S/C14H21NO3/c1-10(2)7-8-18-14(17)13(15)9-11-3-5-12(16)6-4-11/h3-6,10,13,16H,7-9,15H2,1-2H3/t13-/m1/s1. The molecule has 0 aromatic heterocycles. The van der Waals surface area contributed by atoms with Crippen molar-refractivity contribution in [3.8, 4) is 5.75 Å². The number of carbonyl (C=O) groups excluding carboxylic acids is 1. The summed E-state index contributed by atoms with van der Waals surface area (Å²) in [6, 6.07) is 5.99. The molecule has 0 saturated carbocycles. The smallest absolute Gasteiger partial charge is 0.323 e. The molecular weight excluding hydrogens is 230 g/mol. The molecule has 0 aliphatic heterocycles. The van der Waals surface area contributed by atoms with Gasteiger partial charge in [-0.1, -0.05) is 26.0 Å². The van der Waals surface area contributed by atoms with Crippen molar-refractivity contribution in [2.24, 2.45) is 11.7 Å². The lowest BCUT2D eigenvalue weighted by Gasteiger charge is -2.12. The molecule has 1 rings (SSSR count). The number of aromatic hydroxyl groups is 1. The molecule has 0 radical (unpaired) electrons. The summed E-state index contributed by atoms with van der Waals surface area (Å²) in [5, 5.41) is 9.15. The van der Waals surface area contributed by atoms with Crippen LogP contribution in [0, 0.1) is 5.92 Å². The van der Waals surface area contributed by atoms with Crippen molar-refractivity contribution in [1.29, 1.82) is 0 Å². The SMILES string of the molecule is CC(C)CCOC(=O)[C@H](N)Cc1ccc(O)cc1. The third kappa shape index (κ3) is 5.19. The summed E-state index contributed by atoms with van der Waals surface area (Å²) in [6.45, 7) is 4.56. The van der Waals surface area contributed by atoms with Gasteiger partial charge in [0.1, 0.15) is 11.8 Å². The Bertz CT molecular complexity index is 373. The van der Waals surface area contributed by atoms with Crippen molar-refractivity contribution < 1.29 is 14.6 Å². The maximum Gasteiger partial charge on any atom is 0.323 e. The number of benzene rings is 1. The fourth-order valence-electron chi connectivity index (χ4n) is 1.47. The predicted octanol–water partition coefficient (Wildman–Crippen LogP) is 1.85. The lowest BCUT2D eigenvalue weighted by molar-refractivity contribution is -0.145. The summed E-state index contributed by atoms with van der Waals surface area (Å²) < 4.78 is 5.10. The number of ether oxygens (including phenoxy) is 1. The van der Waals surface area contributed by atoms with E-state index in [1.165, 1.54) is 0 Å². The van der Waals surface area contributed by atoms with E-state index < -0.39 is 6.04 Å². The van der Waals surface area contributed by atoms with Gasteiger partial charge in [-0.25, -0.2) is 0 Å². The van der Waals surface area contributed by atoms with Gasteiger partial charge in [-0.15, -0.1) is 0 Å². The third-order valence-corrected chi connectivity index (χ3v) is 2.63. The molecule has 1 aromatic rings. The van der Waals surface area contributed by atoms with Crippen LogP contribution < -0.4 is 5.73 Å². The van der Waals surface area contributed by atoms with E-state index in [9.17, 15) is 4.79 Å². The zero-order valence-electron chi connectivity index (χ0n) is 10.9. The fourth-order valence-corrected chi connectivity index (χ4v) is 1.47. The lowest BCUT2D eigenvalue weighted by atomic mass is 10.1. The number of nitrogens with two attached hydrogens (primary N) is 1. The summed E-state index contributed by atoms with van der Waals surface area (Å²) >= 11 is 0. The van der Waals surface area contributed by atoms with Crippen LogP contribution in [0.2, 0.25) is 0 Å². The fraction of sp³-hybridized carbons (Fsp3) is 0.500. The molecule has 0 saturated heterocycles. The van der Waals surface area contributed by atoms with E-state index >= 15 is 0 Å². The molecule has 0 spiro atoms. The Morgan fingerprint density at radius 2 is 1.94 bits per heavy atom. The van der Waals surface area contributed by atoms with E-state index in [1.807, 2.05) is 0 Å². The molecule has 3 N–H and O–H groups in total. The monoisotopic (exact) mass is 251 g/mol. The highest BCUT2D eigenvalue weighted by atomic mass is 16.5. The number of carbonyl (C=O) groups is 1. The van der Waals surface area contributed by atoms with Crippen LogP contribution in [0.25, 0.3) is 0 Å². The quantitative estimate of drug-likeness (QED) is 0.757. The number of hydrogen-bond acceptors (Lipinski definition) is 4. The Balaban J connectivity index is 2.37. The second-order valence-electron chi connectivity index (χ2n) is 4.83. The van der Waals surface area contributed by atoms with Crippen molar-refractivity contribution in [1.82, 2.24) is 0 Å². The first kappa shape index (κ1) is 14.5. The van der Waals surface area contributed by atoms with E-state index in [2.05, 4.69) is 13.8 Å². The topological polar surface area (TPSA) is 72.5 Å². The van der Waals surface area contributed by atoms with Gasteiger partial charge in [0.15, 0.2) is 0 Å². The lowest BCUT2D eigenvalue weighted by Crippen LogP contribution is -2.34. The van der Waals surface area contributed by atoms with Crippen LogP contribution in [-0.2, 0) is 16.0 Å². The molecule has 0 unspecified atom stereocenters. The summed E-state index contributed by atoms with van der Waals surface area (Å²) in [5.74, 6) is 0.335. The van der Waals surface area contributed by atoms with Crippen LogP contribution in [-0.4, -0.2) is 23.7 Å². The molecule has 1 aromatic carbocycles. The third-order valence-electron chi connectivity index (χ3n) is 2.63. The summed E-state index contributed by atoms with van der Waals surface area (Å²) in [5.41, 5.74) is 6.67. The average molecular weight is 251 g/mol. The van der Waals surface area contributed by atoms with Gasteiger partial charge in [0.2, 0.25) is 0 Å². The number of phenolic OH excluding ortho intramolecular Hbond substituents is 1. The highest BCUT2D eigenvalue weighted by Gasteiger charge is 2.15. The first-order valence-corrected chi connectivity index (χ1v) is 6.19. The Labute approximate surface area is 108 Å². The number of esters is 1. The Kier molecular flexibility index (Phi) is 5.65. The van der Waals surface area contributed by atoms with E-state index in [0.717, 1.165) is 12.0 Å². The van der Waals surface area contributed by atoms with Gasteiger partial charge < -0.3 is 15.6 Å². The predicted molar refractivity (Wildman–Crippen MR) is 70.2 cm³/mol. The maximum atomic E-state index is 11.6. The number of phenols is 1. The molecule has 0 fully saturated rings. The first-order valence-electron chi connectivity index (χ1n) is 6.19. The molecule has 0 bridgehead atoms.